The van der Waals surface area contributed by atoms with E-state index in [0.29, 0.717) is 13.0 Å². The lowest BCUT2D eigenvalue weighted by Crippen LogP contribution is -2.14. The summed E-state index contributed by atoms with van der Waals surface area (Å²) < 4.78 is 6.73. The molecule has 118 valence electrons. The molecule has 3 aromatic rings. The van der Waals surface area contributed by atoms with E-state index < -0.39 is 0 Å². The van der Waals surface area contributed by atoms with Crippen molar-refractivity contribution in [2.75, 3.05) is 12.3 Å². The number of fused-ring (bicyclic) bond motifs is 1. The first kappa shape index (κ1) is 15.1. The van der Waals surface area contributed by atoms with Gasteiger partial charge >= 0.3 is 5.97 Å². The highest BCUT2D eigenvalue weighted by molar-refractivity contribution is 5.83. The molecule has 0 aliphatic rings. The van der Waals surface area contributed by atoms with Gasteiger partial charge in [0.05, 0.1) is 17.8 Å². The average molecular weight is 309 g/mol. The second-order valence-corrected chi connectivity index (χ2v) is 5.34. The Morgan fingerprint density at radius 3 is 2.65 bits per heavy atom. The van der Waals surface area contributed by atoms with Gasteiger partial charge in [-0.25, -0.2) is 0 Å². The van der Waals surface area contributed by atoms with Gasteiger partial charge in [-0.1, -0.05) is 30.3 Å². The Morgan fingerprint density at radius 1 is 1.17 bits per heavy atom. The predicted octanol–water partition coefficient (Wildman–Crippen LogP) is 2.77. The maximum absolute atomic E-state index is 11.8. The normalized spacial score (nSPS) is 10.8. The largest absolute Gasteiger partial charge is 0.465 e. The Kier molecular flexibility index (Phi) is 4.28. The Bertz CT molecular complexity index is 822. The minimum absolute atomic E-state index is 0.121. The molecule has 0 fully saturated rings. The third kappa shape index (κ3) is 3.34. The van der Waals surface area contributed by atoms with Gasteiger partial charge in [0.1, 0.15) is 6.54 Å². The molecule has 0 amide bonds. The van der Waals surface area contributed by atoms with E-state index in [1.54, 1.807) is 11.6 Å². The highest BCUT2D eigenvalue weighted by atomic mass is 16.5. The lowest BCUT2D eigenvalue weighted by Gasteiger charge is -2.03. The van der Waals surface area contributed by atoms with Crippen LogP contribution >= 0.6 is 0 Å². The molecular formula is C18H19N3O2. The van der Waals surface area contributed by atoms with E-state index in [1.807, 2.05) is 48.5 Å². The number of hydrogen-bond donors (Lipinski definition) is 1. The zero-order valence-corrected chi connectivity index (χ0v) is 13.0. The minimum Gasteiger partial charge on any atom is -0.465 e. The average Bonchev–Trinajstić information content (AvgIpc) is 2.88. The van der Waals surface area contributed by atoms with Gasteiger partial charge in [0.2, 0.25) is 0 Å². The van der Waals surface area contributed by atoms with Crippen LogP contribution in [0.1, 0.15) is 18.2 Å². The van der Waals surface area contributed by atoms with Crippen LogP contribution in [-0.4, -0.2) is 22.4 Å². The zero-order chi connectivity index (χ0) is 16.2. The molecule has 0 aliphatic heterocycles. The summed E-state index contributed by atoms with van der Waals surface area (Å²) in [6, 6.07) is 15.7. The van der Waals surface area contributed by atoms with Gasteiger partial charge in [0.25, 0.3) is 0 Å². The molecule has 0 radical (unpaired) electrons. The van der Waals surface area contributed by atoms with Gasteiger partial charge in [0, 0.05) is 17.5 Å². The van der Waals surface area contributed by atoms with Crippen molar-refractivity contribution in [1.29, 1.82) is 0 Å². The van der Waals surface area contributed by atoms with Gasteiger partial charge in [-0.05, 0) is 30.7 Å². The maximum Gasteiger partial charge on any atom is 0.327 e. The summed E-state index contributed by atoms with van der Waals surface area (Å²) in [5.74, 6) is -0.278. The Hall–Kier alpha value is -2.82. The highest BCUT2D eigenvalue weighted by Crippen LogP contribution is 2.21. The molecule has 23 heavy (non-hydrogen) atoms. The quantitative estimate of drug-likeness (QED) is 0.581. The summed E-state index contributed by atoms with van der Waals surface area (Å²) in [6.45, 7) is 2.29. The van der Waals surface area contributed by atoms with Crippen LogP contribution in [0.4, 0.5) is 5.69 Å². The molecular weight excluding hydrogens is 290 g/mol. The number of carbonyl (C=O) groups is 1. The van der Waals surface area contributed by atoms with Crippen molar-refractivity contribution in [2.24, 2.45) is 0 Å². The first-order chi connectivity index (χ1) is 11.2. The van der Waals surface area contributed by atoms with Gasteiger partial charge < -0.3 is 10.5 Å². The lowest BCUT2D eigenvalue weighted by atomic mass is 10.1. The number of hydrogen-bond acceptors (Lipinski definition) is 4. The molecule has 0 saturated heterocycles. The van der Waals surface area contributed by atoms with E-state index >= 15 is 0 Å². The van der Waals surface area contributed by atoms with Gasteiger partial charge in [-0.15, -0.1) is 0 Å². The summed E-state index contributed by atoms with van der Waals surface area (Å²) in [7, 11) is 0. The van der Waals surface area contributed by atoms with Crippen LogP contribution in [0.15, 0.2) is 48.5 Å². The summed E-state index contributed by atoms with van der Waals surface area (Å²) in [6.07, 6.45) is 0.691. The first-order valence-electron chi connectivity index (χ1n) is 7.62. The summed E-state index contributed by atoms with van der Waals surface area (Å²) in [4.78, 5) is 11.8. The molecule has 0 unspecified atom stereocenters. The topological polar surface area (TPSA) is 70.1 Å². The Labute approximate surface area is 134 Å². The van der Waals surface area contributed by atoms with Crippen LogP contribution < -0.4 is 5.73 Å². The number of nitrogens with two attached hydrogens (primary N) is 1. The Balaban J connectivity index is 1.94. The number of nitrogen functional groups attached to an aromatic ring is 1. The van der Waals surface area contributed by atoms with Crippen molar-refractivity contribution in [2.45, 2.75) is 19.9 Å². The number of carbonyl (C=O) groups excluding carboxylic acids is 1. The van der Waals surface area contributed by atoms with Crippen molar-refractivity contribution >= 4 is 22.6 Å². The van der Waals surface area contributed by atoms with Crippen molar-refractivity contribution in [3.8, 4) is 0 Å². The van der Waals surface area contributed by atoms with E-state index in [2.05, 4.69) is 5.10 Å². The molecule has 0 atom stereocenters. The standard InChI is InChI=1S/C18H19N3O2/c1-2-23-18(22)12-21-17-6-4-3-5-15(17)16(20-21)11-13-7-9-14(19)10-8-13/h3-10H,2,11-12,19H2,1H3. The van der Waals surface area contributed by atoms with E-state index in [9.17, 15) is 4.79 Å². The van der Waals surface area contributed by atoms with Crippen molar-refractivity contribution < 1.29 is 9.53 Å². The minimum atomic E-state index is -0.278. The third-order valence-electron chi connectivity index (χ3n) is 3.67. The molecule has 5 heteroatoms. The van der Waals surface area contributed by atoms with Crippen molar-refractivity contribution in [3.63, 3.8) is 0 Å². The van der Waals surface area contributed by atoms with Gasteiger partial charge in [0.15, 0.2) is 0 Å². The fourth-order valence-corrected chi connectivity index (χ4v) is 2.61. The fourth-order valence-electron chi connectivity index (χ4n) is 2.61. The zero-order valence-electron chi connectivity index (χ0n) is 13.0. The molecule has 1 aromatic heterocycles. The second-order valence-electron chi connectivity index (χ2n) is 5.34. The van der Waals surface area contributed by atoms with Crippen LogP contribution in [-0.2, 0) is 22.5 Å². The number of ether oxygens (including phenoxy) is 1. The molecule has 5 nitrogen and oxygen atoms in total. The number of benzene rings is 2. The van der Waals surface area contributed by atoms with Crippen molar-refractivity contribution in [3.05, 3.63) is 59.8 Å². The SMILES string of the molecule is CCOC(=O)Cn1nc(Cc2ccc(N)cc2)c2ccccc21. The molecule has 1 heterocycles. The van der Waals surface area contributed by atoms with E-state index in [1.165, 1.54) is 0 Å². The number of nitrogens with zero attached hydrogens (tertiary/aromatic N) is 2. The summed E-state index contributed by atoms with van der Waals surface area (Å²) >= 11 is 0. The summed E-state index contributed by atoms with van der Waals surface area (Å²) in [5, 5.41) is 5.66. The number of esters is 1. The fraction of sp³-hybridized carbons (Fsp3) is 0.222. The lowest BCUT2D eigenvalue weighted by molar-refractivity contribution is -0.143. The smallest absolute Gasteiger partial charge is 0.327 e. The van der Waals surface area contributed by atoms with Crippen LogP contribution in [0.5, 0.6) is 0 Å². The Morgan fingerprint density at radius 2 is 1.91 bits per heavy atom. The number of para-hydroxylation sites is 1. The second kappa shape index (κ2) is 6.52. The monoisotopic (exact) mass is 309 g/mol. The number of aromatic nitrogens is 2. The maximum atomic E-state index is 11.8. The third-order valence-corrected chi connectivity index (χ3v) is 3.67. The number of rotatable bonds is 5. The van der Waals surface area contributed by atoms with Crippen LogP contribution in [0, 0.1) is 0 Å². The van der Waals surface area contributed by atoms with E-state index in [0.717, 1.165) is 27.8 Å². The molecule has 0 aliphatic carbocycles. The van der Waals surface area contributed by atoms with E-state index in [-0.39, 0.29) is 12.5 Å². The molecule has 2 aromatic carbocycles. The van der Waals surface area contributed by atoms with Crippen LogP contribution in [0.3, 0.4) is 0 Å². The van der Waals surface area contributed by atoms with E-state index in [4.69, 9.17) is 10.5 Å². The van der Waals surface area contributed by atoms with Gasteiger partial charge in [-0.3, -0.25) is 9.48 Å². The predicted molar refractivity (Wildman–Crippen MR) is 90.0 cm³/mol. The highest BCUT2D eigenvalue weighted by Gasteiger charge is 2.13. The van der Waals surface area contributed by atoms with Crippen molar-refractivity contribution in [1.82, 2.24) is 9.78 Å². The number of anilines is 1. The summed E-state index contributed by atoms with van der Waals surface area (Å²) in [5.41, 5.74) is 9.47. The molecule has 3 rings (SSSR count). The molecule has 0 bridgehead atoms. The van der Waals surface area contributed by atoms with Crippen LogP contribution in [0.25, 0.3) is 10.9 Å². The van der Waals surface area contributed by atoms with Crippen LogP contribution in [0.2, 0.25) is 0 Å². The first-order valence-corrected chi connectivity index (χ1v) is 7.62. The molecule has 0 spiro atoms. The molecule has 2 N–H and O–H groups in total. The van der Waals surface area contributed by atoms with Gasteiger partial charge in [-0.2, -0.15) is 5.10 Å². The molecule has 0 saturated carbocycles.